The van der Waals surface area contributed by atoms with E-state index >= 15 is 0 Å². The van der Waals surface area contributed by atoms with Crippen LogP contribution in [0, 0.1) is 5.92 Å². The Morgan fingerprint density at radius 3 is 2.32 bits per heavy atom. The highest BCUT2D eigenvalue weighted by molar-refractivity contribution is 5.94. The number of fused-ring (bicyclic) bond motifs is 1. The van der Waals surface area contributed by atoms with Gasteiger partial charge in [0.15, 0.2) is 0 Å². The van der Waals surface area contributed by atoms with Crippen molar-refractivity contribution in [2.75, 3.05) is 19.6 Å². The van der Waals surface area contributed by atoms with Gasteiger partial charge >= 0.3 is 0 Å². The normalized spacial score (nSPS) is 18.2. The Hall–Kier alpha value is -3.17. The van der Waals surface area contributed by atoms with Gasteiger partial charge in [-0.2, -0.15) is 0 Å². The molecular formula is C34H42N2O. The number of likely N-dealkylation sites (tertiary alicyclic amines) is 1. The molecule has 0 radical (unpaired) electrons. The van der Waals surface area contributed by atoms with Gasteiger partial charge in [-0.05, 0) is 105 Å². The lowest BCUT2D eigenvalue weighted by atomic mass is 9.90. The second-order valence-corrected chi connectivity index (χ2v) is 10.8. The predicted molar refractivity (Wildman–Crippen MR) is 155 cm³/mol. The van der Waals surface area contributed by atoms with Gasteiger partial charge in [0.25, 0.3) is 5.91 Å². The van der Waals surface area contributed by atoms with Crippen LogP contribution in [0.25, 0.3) is 0 Å². The molecule has 1 aliphatic heterocycles. The fourth-order valence-electron chi connectivity index (χ4n) is 5.77. The molecule has 1 aliphatic carbocycles. The molecule has 1 amide bonds. The van der Waals surface area contributed by atoms with Crippen LogP contribution in [0.3, 0.4) is 0 Å². The highest BCUT2D eigenvalue weighted by atomic mass is 16.1. The van der Waals surface area contributed by atoms with E-state index in [2.05, 4.69) is 89.1 Å². The molecule has 3 aromatic carbocycles. The second-order valence-electron chi connectivity index (χ2n) is 10.8. The highest BCUT2D eigenvalue weighted by Gasteiger charge is 2.20. The van der Waals surface area contributed by atoms with E-state index in [4.69, 9.17) is 0 Å². The van der Waals surface area contributed by atoms with Gasteiger partial charge in [0.1, 0.15) is 0 Å². The van der Waals surface area contributed by atoms with Gasteiger partial charge in [0.2, 0.25) is 0 Å². The van der Waals surface area contributed by atoms with Crippen molar-refractivity contribution in [1.29, 1.82) is 0 Å². The Kier molecular flexibility index (Phi) is 8.86. The molecule has 0 unspecified atom stereocenters. The van der Waals surface area contributed by atoms with Gasteiger partial charge < -0.3 is 5.32 Å². The molecule has 0 spiro atoms. The number of benzene rings is 3. The topological polar surface area (TPSA) is 32.3 Å². The zero-order valence-corrected chi connectivity index (χ0v) is 22.0. The number of nitrogens with one attached hydrogen (secondary N) is 1. The third-order valence-electron chi connectivity index (χ3n) is 8.11. The fourth-order valence-corrected chi connectivity index (χ4v) is 5.77. The predicted octanol–water partition coefficient (Wildman–Crippen LogP) is 7.01. The lowest BCUT2D eigenvalue weighted by molar-refractivity contribution is 0.0935. The van der Waals surface area contributed by atoms with E-state index in [9.17, 15) is 4.79 Å². The minimum Gasteiger partial charge on any atom is -0.352 e. The zero-order chi connectivity index (χ0) is 25.3. The van der Waals surface area contributed by atoms with Crippen molar-refractivity contribution in [3.8, 4) is 0 Å². The van der Waals surface area contributed by atoms with Crippen molar-refractivity contribution in [3.63, 3.8) is 0 Å². The lowest BCUT2D eigenvalue weighted by Crippen LogP contribution is -2.38. The summed E-state index contributed by atoms with van der Waals surface area (Å²) in [7, 11) is 0. The van der Waals surface area contributed by atoms with Crippen LogP contribution >= 0.6 is 0 Å². The van der Waals surface area contributed by atoms with Crippen LogP contribution in [0.4, 0.5) is 0 Å². The molecule has 0 saturated carbocycles. The molecule has 37 heavy (non-hydrogen) atoms. The van der Waals surface area contributed by atoms with E-state index in [0.29, 0.717) is 5.92 Å². The Bertz CT molecular complexity index is 1180. The first kappa shape index (κ1) is 25.5. The van der Waals surface area contributed by atoms with Crippen molar-refractivity contribution < 1.29 is 6.22 Å². The van der Waals surface area contributed by atoms with E-state index in [1.54, 1.807) is 5.57 Å². The monoisotopic (exact) mass is 494 g/mol. The third-order valence-corrected chi connectivity index (χ3v) is 8.11. The van der Waals surface area contributed by atoms with Gasteiger partial charge in [-0.15, -0.1) is 0 Å². The summed E-state index contributed by atoms with van der Waals surface area (Å²) in [6.07, 6.45) is 11.3. The summed E-state index contributed by atoms with van der Waals surface area (Å²) in [5.74, 6) is 0.639. The van der Waals surface area contributed by atoms with E-state index in [0.717, 1.165) is 70.3 Å². The summed E-state index contributed by atoms with van der Waals surface area (Å²) < 4.78 is 0. The first-order valence-electron chi connectivity index (χ1n) is 14.1. The van der Waals surface area contributed by atoms with Crippen LogP contribution in [0.5, 0.6) is 0 Å². The zero-order valence-electron chi connectivity index (χ0n) is 22.0. The standard InChI is InChI=1S/C34H40N2O.H2/c37-34(35-25-29-20-22-36(23-21-29)26-30-10-5-2-6-11-30)33-19-18-31-13-7-12-28(16-17-32(31)24-33)15-14-27-8-3-1-4-9-27;/h1-6,8-11,16,18-19,24,29H,7,12-15,17,20-23,25-26H2,(H,35,37);1H/b28-16+;. The first-order valence-corrected chi connectivity index (χ1v) is 14.1. The Morgan fingerprint density at radius 2 is 1.57 bits per heavy atom. The first-order chi connectivity index (χ1) is 18.2. The molecule has 1 saturated heterocycles. The number of carbonyl (C=O) groups is 1. The number of nitrogens with zero attached hydrogens (tertiary/aromatic N) is 1. The maximum absolute atomic E-state index is 13.0. The number of carbonyl (C=O) groups excluding carboxylic acids is 1. The minimum atomic E-state index is 0. The van der Waals surface area contributed by atoms with Crippen LogP contribution in [0.2, 0.25) is 0 Å². The molecule has 3 nitrogen and oxygen atoms in total. The van der Waals surface area contributed by atoms with Crippen molar-refractivity contribution in [2.45, 2.75) is 57.9 Å². The number of aryl methyl sites for hydroxylation is 2. The molecule has 3 aromatic rings. The van der Waals surface area contributed by atoms with Crippen LogP contribution in [-0.2, 0) is 25.8 Å². The van der Waals surface area contributed by atoms with Crippen molar-refractivity contribution in [2.24, 2.45) is 5.92 Å². The second kappa shape index (κ2) is 12.9. The molecule has 0 bridgehead atoms. The Labute approximate surface area is 224 Å². The number of hydrogen-bond acceptors (Lipinski definition) is 2. The largest absolute Gasteiger partial charge is 0.352 e. The van der Waals surface area contributed by atoms with Gasteiger partial charge in [0, 0.05) is 20.1 Å². The summed E-state index contributed by atoms with van der Waals surface area (Å²) in [5.41, 5.74) is 7.88. The SMILES string of the molecule is O=C(NCC1CCN(Cc2ccccc2)CC1)c1ccc2c(c1)C/C=C(/CCc1ccccc1)CCC2.[HH]. The van der Waals surface area contributed by atoms with Crippen LogP contribution in [-0.4, -0.2) is 30.4 Å². The van der Waals surface area contributed by atoms with Crippen LogP contribution in [0.1, 0.15) is 66.1 Å². The molecular weight excluding hydrogens is 452 g/mol. The number of amides is 1. The number of rotatable bonds is 8. The maximum atomic E-state index is 13.0. The Morgan fingerprint density at radius 1 is 0.838 bits per heavy atom. The molecule has 3 heteroatoms. The number of allylic oxidation sites excluding steroid dienone is 2. The summed E-state index contributed by atoms with van der Waals surface area (Å²) in [5, 5.41) is 3.24. The smallest absolute Gasteiger partial charge is 0.251 e. The fraction of sp³-hybridized carbons (Fsp3) is 0.382. The Balaban J connectivity index is 0.00000336. The maximum Gasteiger partial charge on any atom is 0.251 e. The number of piperidine rings is 1. The lowest BCUT2D eigenvalue weighted by Gasteiger charge is -2.32. The average molecular weight is 495 g/mol. The summed E-state index contributed by atoms with van der Waals surface area (Å²) >= 11 is 0. The minimum absolute atomic E-state index is 0. The van der Waals surface area contributed by atoms with Gasteiger partial charge in [-0.25, -0.2) is 0 Å². The molecule has 2 aliphatic rings. The summed E-state index contributed by atoms with van der Waals surface area (Å²) in [6.45, 7) is 4.01. The molecule has 1 fully saturated rings. The van der Waals surface area contributed by atoms with E-state index in [1.165, 1.54) is 35.1 Å². The van der Waals surface area contributed by atoms with Crippen LogP contribution < -0.4 is 5.32 Å². The van der Waals surface area contributed by atoms with E-state index in [1.807, 2.05) is 6.07 Å². The molecule has 194 valence electrons. The van der Waals surface area contributed by atoms with E-state index in [-0.39, 0.29) is 7.33 Å². The van der Waals surface area contributed by atoms with Gasteiger partial charge in [-0.1, -0.05) is 78.4 Å². The third kappa shape index (κ3) is 7.42. The van der Waals surface area contributed by atoms with Crippen molar-refractivity contribution in [1.82, 2.24) is 10.2 Å². The number of hydrogen-bond donors (Lipinski definition) is 1. The molecule has 5 rings (SSSR count). The average Bonchev–Trinajstić information content (AvgIpc) is 2.93. The van der Waals surface area contributed by atoms with Crippen molar-refractivity contribution in [3.05, 3.63) is 118 Å². The molecule has 0 aromatic heterocycles. The van der Waals surface area contributed by atoms with Crippen LogP contribution in [0.15, 0.2) is 90.5 Å². The summed E-state index contributed by atoms with van der Waals surface area (Å²) in [4.78, 5) is 15.6. The van der Waals surface area contributed by atoms with Crippen molar-refractivity contribution >= 4 is 5.91 Å². The highest BCUT2D eigenvalue weighted by Crippen LogP contribution is 2.24. The quantitative estimate of drug-likeness (QED) is 0.342. The molecule has 1 heterocycles. The van der Waals surface area contributed by atoms with Gasteiger partial charge in [-0.3, -0.25) is 9.69 Å². The van der Waals surface area contributed by atoms with Gasteiger partial charge in [0.05, 0.1) is 0 Å². The van der Waals surface area contributed by atoms with E-state index < -0.39 is 0 Å². The molecule has 0 atom stereocenters. The summed E-state index contributed by atoms with van der Waals surface area (Å²) in [6, 6.07) is 27.8. The molecule has 1 N–H and O–H groups in total.